The van der Waals surface area contributed by atoms with Crippen molar-refractivity contribution < 1.29 is 14.3 Å². The summed E-state index contributed by atoms with van der Waals surface area (Å²) in [6.45, 7) is 8.73. The number of nitrogens with one attached hydrogen (secondary N) is 2. The molecule has 2 rings (SSSR count). The average molecular weight is 405 g/mol. The number of benzene rings is 1. The maximum atomic E-state index is 12.3. The number of methoxy groups -OCH3 is 1. The van der Waals surface area contributed by atoms with E-state index in [0.29, 0.717) is 12.5 Å². The number of hydrogen-bond acceptors (Lipinski definition) is 4. The highest BCUT2D eigenvalue weighted by atomic mass is 16.6. The molecule has 1 heterocycles. The fourth-order valence-electron chi connectivity index (χ4n) is 3.38. The molecule has 2 N–H and O–H groups in total. The van der Waals surface area contributed by atoms with E-state index in [2.05, 4.69) is 21.7 Å². The number of carbonyl (C=O) groups is 1. The van der Waals surface area contributed by atoms with Crippen LogP contribution in [0, 0.1) is 5.92 Å². The third kappa shape index (κ3) is 8.21. The predicted octanol–water partition coefficient (Wildman–Crippen LogP) is 3.40. The molecule has 1 aromatic rings. The minimum absolute atomic E-state index is 0.203. The Kier molecular flexibility index (Phi) is 8.61. The van der Waals surface area contributed by atoms with Crippen LogP contribution in [0.2, 0.25) is 0 Å². The van der Waals surface area contributed by atoms with Crippen molar-refractivity contribution in [1.29, 1.82) is 0 Å². The van der Waals surface area contributed by atoms with Gasteiger partial charge in [0.25, 0.3) is 0 Å². The molecule has 162 valence electrons. The first-order valence-electron chi connectivity index (χ1n) is 10.4. The Bertz CT molecular complexity index is 685. The number of rotatable bonds is 6. The SMILES string of the molecule is CN=C(NCCC1CCCN(C(=O)OC(C)(C)C)C1)NCc1cccc(OC)c1. The predicted molar refractivity (Wildman–Crippen MR) is 116 cm³/mol. The van der Waals surface area contributed by atoms with Crippen molar-refractivity contribution in [2.24, 2.45) is 10.9 Å². The van der Waals surface area contributed by atoms with Crippen LogP contribution in [-0.2, 0) is 11.3 Å². The molecule has 0 aliphatic carbocycles. The zero-order chi connectivity index (χ0) is 21.3. The van der Waals surface area contributed by atoms with E-state index in [0.717, 1.165) is 56.2 Å². The molecule has 7 nitrogen and oxygen atoms in total. The van der Waals surface area contributed by atoms with E-state index in [9.17, 15) is 4.79 Å². The summed E-state index contributed by atoms with van der Waals surface area (Å²) in [7, 11) is 3.44. The van der Waals surface area contributed by atoms with Gasteiger partial charge in [0.1, 0.15) is 11.4 Å². The Morgan fingerprint density at radius 2 is 2.10 bits per heavy atom. The van der Waals surface area contributed by atoms with Gasteiger partial charge in [0.2, 0.25) is 0 Å². The van der Waals surface area contributed by atoms with Crippen molar-refractivity contribution in [3.05, 3.63) is 29.8 Å². The van der Waals surface area contributed by atoms with Gasteiger partial charge in [-0.25, -0.2) is 4.79 Å². The van der Waals surface area contributed by atoms with Gasteiger partial charge in [-0.05, 0) is 63.6 Å². The quantitative estimate of drug-likeness (QED) is 0.561. The van der Waals surface area contributed by atoms with Crippen molar-refractivity contribution in [2.45, 2.75) is 52.2 Å². The monoisotopic (exact) mass is 404 g/mol. The second-order valence-electron chi connectivity index (χ2n) is 8.43. The molecule has 1 atom stereocenters. The number of nitrogens with zero attached hydrogens (tertiary/aromatic N) is 2. The first kappa shape index (κ1) is 22.8. The summed E-state index contributed by atoms with van der Waals surface area (Å²) in [5.41, 5.74) is 0.680. The first-order valence-corrected chi connectivity index (χ1v) is 10.4. The van der Waals surface area contributed by atoms with Gasteiger partial charge in [-0.1, -0.05) is 12.1 Å². The summed E-state index contributed by atoms with van der Waals surface area (Å²) in [5.74, 6) is 2.09. The lowest BCUT2D eigenvalue weighted by atomic mass is 9.95. The van der Waals surface area contributed by atoms with E-state index >= 15 is 0 Å². The maximum absolute atomic E-state index is 12.3. The normalized spacial score (nSPS) is 17.6. The number of aliphatic imine (C=N–C) groups is 1. The van der Waals surface area contributed by atoms with Crippen molar-refractivity contribution >= 4 is 12.1 Å². The Morgan fingerprint density at radius 1 is 1.31 bits per heavy atom. The van der Waals surface area contributed by atoms with E-state index in [1.807, 2.05) is 43.9 Å². The fourth-order valence-corrected chi connectivity index (χ4v) is 3.38. The number of hydrogen-bond donors (Lipinski definition) is 2. The topological polar surface area (TPSA) is 75.2 Å². The lowest BCUT2D eigenvalue weighted by Gasteiger charge is -2.34. The summed E-state index contributed by atoms with van der Waals surface area (Å²) in [6, 6.07) is 7.97. The van der Waals surface area contributed by atoms with Crippen LogP contribution in [0.1, 0.15) is 45.6 Å². The molecule has 1 aromatic carbocycles. The van der Waals surface area contributed by atoms with E-state index in [4.69, 9.17) is 9.47 Å². The van der Waals surface area contributed by atoms with Crippen LogP contribution in [-0.4, -0.2) is 56.3 Å². The summed E-state index contributed by atoms with van der Waals surface area (Å²) in [4.78, 5) is 18.4. The van der Waals surface area contributed by atoms with Crippen LogP contribution < -0.4 is 15.4 Å². The Morgan fingerprint density at radius 3 is 2.79 bits per heavy atom. The van der Waals surface area contributed by atoms with Crippen LogP contribution in [0.15, 0.2) is 29.3 Å². The molecule has 0 radical (unpaired) electrons. The Balaban J connectivity index is 1.73. The molecular weight excluding hydrogens is 368 g/mol. The molecule has 1 aliphatic rings. The van der Waals surface area contributed by atoms with E-state index in [-0.39, 0.29) is 6.09 Å². The van der Waals surface area contributed by atoms with Gasteiger partial charge in [-0.2, -0.15) is 0 Å². The molecule has 7 heteroatoms. The van der Waals surface area contributed by atoms with Gasteiger partial charge in [0.05, 0.1) is 7.11 Å². The highest BCUT2D eigenvalue weighted by molar-refractivity contribution is 5.79. The van der Waals surface area contributed by atoms with Crippen LogP contribution in [0.4, 0.5) is 4.79 Å². The summed E-state index contributed by atoms with van der Waals surface area (Å²) in [6.07, 6.45) is 2.94. The fraction of sp³-hybridized carbons (Fsp3) is 0.636. The molecule has 1 unspecified atom stereocenters. The van der Waals surface area contributed by atoms with Crippen LogP contribution >= 0.6 is 0 Å². The van der Waals surface area contributed by atoms with Gasteiger partial charge < -0.3 is 25.0 Å². The minimum atomic E-state index is -0.452. The first-order chi connectivity index (χ1) is 13.8. The maximum Gasteiger partial charge on any atom is 0.410 e. The van der Waals surface area contributed by atoms with Gasteiger partial charge in [-0.3, -0.25) is 4.99 Å². The number of amides is 1. The van der Waals surface area contributed by atoms with E-state index < -0.39 is 5.60 Å². The van der Waals surface area contributed by atoms with Crippen LogP contribution in [0.5, 0.6) is 5.75 Å². The van der Waals surface area contributed by atoms with Gasteiger partial charge in [-0.15, -0.1) is 0 Å². The Hall–Kier alpha value is -2.44. The van der Waals surface area contributed by atoms with E-state index in [1.165, 1.54) is 0 Å². The van der Waals surface area contributed by atoms with Gasteiger partial charge in [0, 0.05) is 33.2 Å². The molecule has 0 saturated carbocycles. The van der Waals surface area contributed by atoms with Crippen LogP contribution in [0.25, 0.3) is 0 Å². The van der Waals surface area contributed by atoms with Crippen molar-refractivity contribution in [2.75, 3.05) is 33.8 Å². The highest BCUT2D eigenvalue weighted by Crippen LogP contribution is 2.21. The molecule has 0 aromatic heterocycles. The number of piperidine rings is 1. The summed E-state index contributed by atoms with van der Waals surface area (Å²) in [5, 5.41) is 6.70. The number of ether oxygens (including phenoxy) is 2. The van der Waals surface area contributed by atoms with Crippen molar-refractivity contribution in [3.63, 3.8) is 0 Å². The second-order valence-corrected chi connectivity index (χ2v) is 8.43. The molecule has 1 amide bonds. The molecule has 1 fully saturated rings. The third-order valence-electron chi connectivity index (χ3n) is 4.83. The zero-order valence-electron chi connectivity index (χ0n) is 18.5. The lowest BCUT2D eigenvalue weighted by Crippen LogP contribution is -2.44. The smallest absolute Gasteiger partial charge is 0.410 e. The van der Waals surface area contributed by atoms with Crippen molar-refractivity contribution in [3.8, 4) is 5.75 Å². The second kappa shape index (κ2) is 10.9. The number of carbonyl (C=O) groups excluding carboxylic acids is 1. The van der Waals surface area contributed by atoms with Crippen LogP contribution in [0.3, 0.4) is 0 Å². The minimum Gasteiger partial charge on any atom is -0.497 e. The largest absolute Gasteiger partial charge is 0.497 e. The molecule has 0 spiro atoms. The van der Waals surface area contributed by atoms with E-state index in [1.54, 1.807) is 14.2 Å². The number of likely N-dealkylation sites (tertiary alicyclic amines) is 1. The molecule has 1 saturated heterocycles. The Labute approximate surface area is 174 Å². The average Bonchev–Trinajstić information content (AvgIpc) is 2.69. The number of guanidine groups is 1. The highest BCUT2D eigenvalue weighted by Gasteiger charge is 2.27. The van der Waals surface area contributed by atoms with Gasteiger partial charge >= 0.3 is 6.09 Å². The molecule has 0 bridgehead atoms. The van der Waals surface area contributed by atoms with Crippen molar-refractivity contribution in [1.82, 2.24) is 15.5 Å². The molecular formula is C22H36N4O3. The third-order valence-corrected chi connectivity index (χ3v) is 4.83. The zero-order valence-corrected chi connectivity index (χ0v) is 18.5. The molecule has 29 heavy (non-hydrogen) atoms. The summed E-state index contributed by atoms with van der Waals surface area (Å²) < 4.78 is 10.8. The lowest BCUT2D eigenvalue weighted by molar-refractivity contribution is 0.0162. The summed E-state index contributed by atoms with van der Waals surface area (Å²) >= 11 is 0. The standard InChI is InChI=1S/C22H36N4O3/c1-22(2,3)29-21(27)26-13-7-9-17(16-26)11-12-24-20(23-4)25-15-18-8-6-10-19(14-18)28-5/h6,8,10,14,17H,7,9,11-13,15-16H2,1-5H3,(H2,23,24,25). The van der Waals surface area contributed by atoms with Gasteiger partial charge in [0.15, 0.2) is 5.96 Å². The molecule has 1 aliphatic heterocycles.